The molecule has 2 heteroatoms. The van der Waals surface area contributed by atoms with Crippen LogP contribution < -0.4 is 5.32 Å². The van der Waals surface area contributed by atoms with Gasteiger partial charge in [-0.05, 0) is 38.3 Å². The Kier molecular flexibility index (Phi) is 9.94. The van der Waals surface area contributed by atoms with E-state index < -0.39 is 0 Å². The van der Waals surface area contributed by atoms with Gasteiger partial charge in [-0.15, -0.1) is 0 Å². The molecule has 0 aromatic rings. The number of methoxy groups -OCH3 is 1. The van der Waals surface area contributed by atoms with Gasteiger partial charge < -0.3 is 10.1 Å². The van der Waals surface area contributed by atoms with Crippen LogP contribution in [0.15, 0.2) is 0 Å². The van der Waals surface area contributed by atoms with E-state index in [1.54, 1.807) is 7.11 Å². The Balaban J connectivity index is 2.91. The maximum absolute atomic E-state index is 4.98. The van der Waals surface area contributed by atoms with Crippen molar-refractivity contribution in [1.82, 2.24) is 5.32 Å². The smallest absolute Gasteiger partial charge is 0.0462 e. The van der Waals surface area contributed by atoms with Crippen molar-refractivity contribution in [2.45, 2.75) is 39.5 Å². The first-order valence-corrected chi connectivity index (χ1v) is 5.50. The lowest BCUT2D eigenvalue weighted by molar-refractivity contribution is 0.192. The van der Waals surface area contributed by atoms with Crippen LogP contribution in [0, 0.1) is 5.92 Å². The van der Waals surface area contributed by atoms with Crippen molar-refractivity contribution in [3.63, 3.8) is 0 Å². The summed E-state index contributed by atoms with van der Waals surface area (Å²) in [6, 6.07) is 0. The molecule has 1 N–H and O–H groups in total. The topological polar surface area (TPSA) is 21.3 Å². The quantitative estimate of drug-likeness (QED) is 0.560. The molecule has 0 saturated carbocycles. The Labute approximate surface area is 83.1 Å². The van der Waals surface area contributed by atoms with E-state index in [9.17, 15) is 0 Å². The summed E-state index contributed by atoms with van der Waals surface area (Å²) in [5.74, 6) is 0.818. The van der Waals surface area contributed by atoms with E-state index in [0.29, 0.717) is 0 Å². The van der Waals surface area contributed by atoms with Gasteiger partial charge in [0.2, 0.25) is 0 Å². The highest BCUT2D eigenvalue weighted by Crippen LogP contribution is 1.98. The second kappa shape index (κ2) is 10.0. The van der Waals surface area contributed by atoms with Crippen LogP contribution in [0.3, 0.4) is 0 Å². The number of nitrogens with one attached hydrogen (secondary N) is 1. The Hall–Kier alpha value is -0.0800. The van der Waals surface area contributed by atoms with Gasteiger partial charge in [-0.2, -0.15) is 0 Å². The van der Waals surface area contributed by atoms with E-state index in [-0.39, 0.29) is 0 Å². The second-order valence-electron chi connectivity index (χ2n) is 3.77. The lowest BCUT2D eigenvalue weighted by Crippen LogP contribution is -2.21. The molecule has 0 rings (SSSR count). The minimum Gasteiger partial charge on any atom is -0.385 e. The zero-order chi connectivity index (χ0) is 9.94. The van der Waals surface area contributed by atoms with Gasteiger partial charge in [0.1, 0.15) is 0 Å². The van der Waals surface area contributed by atoms with Crippen molar-refractivity contribution >= 4 is 0 Å². The highest BCUT2D eigenvalue weighted by Gasteiger charge is 1.96. The molecule has 1 unspecified atom stereocenters. The zero-order valence-electron chi connectivity index (χ0n) is 9.44. The maximum atomic E-state index is 4.98. The molecule has 13 heavy (non-hydrogen) atoms. The van der Waals surface area contributed by atoms with Gasteiger partial charge in [-0.25, -0.2) is 0 Å². The number of ether oxygens (including phenoxy) is 1. The third-order valence-electron chi connectivity index (χ3n) is 2.39. The Bertz CT molecular complexity index is 96.1. The van der Waals surface area contributed by atoms with Crippen LogP contribution in [0.4, 0.5) is 0 Å². The van der Waals surface area contributed by atoms with Gasteiger partial charge in [0.05, 0.1) is 0 Å². The van der Waals surface area contributed by atoms with Crippen molar-refractivity contribution in [1.29, 1.82) is 0 Å². The largest absolute Gasteiger partial charge is 0.385 e. The summed E-state index contributed by atoms with van der Waals surface area (Å²) in [5.41, 5.74) is 0. The van der Waals surface area contributed by atoms with Gasteiger partial charge >= 0.3 is 0 Å². The fourth-order valence-corrected chi connectivity index (χ4v) is 1.17. The van der Waals surface area contributed by atoms with Crippen LogP contribution in [0.1, 0.15) is 39.5 Å². The van der Waals surface area contributed by atoms with E-state index in [1.807, 2.05) is 0 Å². The van der Waals surface area contributed by atoms with Gasteiger partial charge in [-0.3, -0.25) is 0 Å². The van der Waals surface area contributed by atoms with Crippen LogP contribution in [0.25, 0.3) is 0 Å². The lowest BCUT2D eigenvalue weighted by atomic mass is 10.1. The number of unbranched alkanes of at least 4 members (excludes halogenated alkanes) is 2. The molecule has 0 amide bonds. The molecule has 2 nitrogen and oxygen atoms in total. The molecule has 0 aliphatic carbocycles. The average Bonchev–Trinajstić information content (AvgIpc) is 2.16. The highest BCUT2D eigenvalue weighted by molar-refractivity contribution is 4.54. The summed E-state index contributed by atoms with van der Waals surface area (Å²) in [6.07, 6.45) is 5.03. The van der Waals surface area contributed by atoms with Gasteiger partial charge in [0, 0.05) is 13.7 Å². The molecule has 80 valence electrons. The molecule has 0 aromatic carbocycles. The minimum atomic E-state index is 0.818. The van der Waals surface area contributed by atoms with E-state index in [4.69, 9.17) is 4.74 Å². The van der Waals surface area contributed by atoms with Crippen molar-refractivity contribution in [2.24, 2.45) is 5.92 Å². The van der Waals surface area contributed by atoms with Crippen molar-refractivity contribution in [2.75, 3.05) is 26.8 Å². The molecular weight excluding hydrogens is 162 g/mol. The molecule has 0 radical (unpaired) electrons. The molecule has 0 bridgehead atoms. The summed E-state index contributed by atoms with van der Waals surface area (Å²) >= 11 is 0. The fraction of sp³-hybridized carbons (Fsp3) is 1.00. The molecule has 0 aliphatic rings. The molecular formula is C11H25NO. The standard InChI is InChI=1S/C11H25NO/c1-4-11(2)10-12-8-6-5-7-9-13-3/h11-12H,4-10H2,1-3H3. The first-order valence-electron chi connectivity index (χ1n) is 5.50. The van der Waals surface area contributed by atoms with Crippen molar-refractivity contribution in [3.8, 4) is 0 Å². The fourth-order valence-electron chi connectivity index (χ4n) is 1.17. The van der Waals surface area contributed by atoms with E-state index in [0.717, 1.165) is 19.1 Å². The van der Waals surface area contributed by atoms with Gasteiger partial charge in [-0.1, -0.05) is 20.3 Å². The van der Waals surface area contributed by atoms with E-state index in [2.05, 4.69) is 19.2 Å². The monoisotopic (exact) mass is 187 g/mol. The SMILES string of the molecule is CCC(C)CNCCCCCOC. The van der Waals surface area contributed by atoms with Crippen molar-refractivity contribution in [3.05, 3.63) is 0 Å². The van der Waals surface area contributed by atoms with Gasteiger partial charge in [0.25, 0.3) is 0 Å². The first kappa shape index (κ1) is 12.9. The molecule has 0 saturated heterocycles. The van der Waals surface area contributed by atoms with Crippen molar-refractivity contribution < 1.29 is 4.74 Å². The predicted molar refractivity (Wildman–Crippen MR) is 58.1 cm³/mol. The summed E-state index contributed by atoms with van der Waals surface area (Å²) in [7, 11) is 1.77. The average molecular weight is 187 g/mol. The number of rotatable bonds is 9. The Morgan fingerprint density at radius 1 is 1.23 bits per heavy atom. The second-order valence-corrected chi connectivity index (χ2v) is 3.77. The van der Waals surface area contributed by atoms with Crippen LogP contribution in [0.2, 0.25) is 0 Å². The third kappa shape index (κ3) is 9.84. The van der Waals surface area contributed by atoms with Crippen LogP contribution in [0.5, 0.6) is 0 Å². The minimum absolute atomic E-state index is 0.818. The van der Waals surface area contributed by atoms with Gasteiger partial charge in [0.15, 0.2) is 0 Å². The van der Waals surface area contributed by atoms with Crippen LogP contribution in [-0.4, -0.2) is 26.8 Å². The number of hydrogen-bond acceptors (Lipinski definition) is 2. The van der Waals surface area contributed by atoms with E-state index >= 15 is 0 Å². The molecule has 1 atom stereocenters. The molecule has 0 heterocycles. The summed E-state index contributed by atoms with van der Waals surface area (Å²) < 4.78 is 4.98. The molecule has 0 aliphatic heterocycles. The third-order valence-corrected chi connectivity index (χ3v) is 2.39. The maximum Gasteiger partial charge on any atom is 0.0462 e. The summed E-state index contributed by atoms with van der Waals surface area (Å²) in [5, 5.41) is 3.47. The highest BCUT2D eigenvalue weighted by atomic mass is 16.5. The Morgan fingerprint density at radius 2 is 2.00 bits per heavy atom. The zero-order valence-corrected chi connectivity index (χ0v) is 9.44. The Morgan fingerprint density at radius 3 is 2.62 bits per heavy atom. The summed E-state index contributed by atoms with van der Waals surface area (Å²) in [4.78, 5) is 0. The van der Waals surface area contributed by atoms with Crippen LogP contribution >= 0.6 is 0 Å². The normalized spacial score (nSPS) is 13.2. The molecule has 0 aromatic heterocycles. The first-order chi connectivity index (χ1) is 6.31. The molecule has 0 fully saturated rings. The van der Waals surface area contributed by atoms with E-state index in [1.165, 1.54) is 32.2 Å². The van der Waals surface area contributed by atoms with Crippen LogP contribution in [-0.2, 0) is 4.74 Å². The lowest BCUT2D eigenvalue weighted by Gasteiger charge is -2.09. The predicted octanol–water partition coefficient (Wildman–Crippen LogP) is 2.44. The number of hydrogen-bond donors (Lipinski definition) is 1. The summed E-state index contributed by atoms with van der Waals surface area (Å²) in [6.45, 7) is 7.77. The molecule has 0 spiro atoms.